The Morgan fingerprint density at radius 3 is 1.71 bits per heavy atom. The van der Waals surface area contributed by atoms with Crippen molar-refractivity contribution < 1.29 is 0 Å². The summed E-state index contributed by atoms with van der Waals surface area (Å²) >= 11 is 0. The van der Waals surface area contributed by atoms with Crippen LogP contribution in [0.2, 0.25) is 0 Å². The van der Waals surface area contributed by atoms with Gasteiger partial charge in [0.05, 0.1) is 11.6 Å². The summed E-state index contributed by atoms with van der Waals surface area (Å²) in [5.41, 5.74) is 9.67. The molecule has 0 atom stereocenters. The van der Waals surface area contributed by atoms with E-state index in [1.807, 2.05) is 66.7 Å². The molecule has 0 saturated heterocycles. The first-order chi connectivity index (χ1) is 23.6. The second-order valence-electron chi connectivity index (χ2n) is 14.3. The second kappa shape index (κ2) is 11.7. The number of hydrogen-bond acceptors (Lipinski definition) is 4. The van der Waals surface area contributed by atoms with Gasteiger partial charge >= 0.3 is 0 Å². The zero-order chi connectivity index (χ0) is 32.1. The Bertz CT molecular complexity index is 2140. The van der Waals surface area contributed by atoms with Crippen LogP contribution in [0.15, 0.2) is 127 Å². The Hall–Kier alpha value is -5.40. The van der Waals surface area contributed by atoms with E-state index >= 15 is 0 Å². The lowest BCUT2D eigenvalue weighted by molar-refractivity contribution is -0.00518. The Morgan fingerprint density at radius 2 is 1.02 bits per heavy atom. The lowest BCUT2D eigenvalue weighted by atomic mass is 9.48. The molecule has 10 rings (SSSR count). The molecule has 0 aliphatic heterocycles. The number of nitrogens with zero attached hydrogens (tertiary/aromatic N) is 4. The molecule has 232 valence electrons. The molecule has 48 heavy (non-hydrogen) atoms. The fraction of sp³-hybridized carbons (Fsp3) is 0.227. The summed E-state index contributed by atoms with van der Waals surface area (Å²) in [5.74, 6) is 4.69. The molecule has 4 nitrogen and oxygen atoms in total. The second-order valence-corrected chi connectivity index (χ2v) is 14.3. The molecule has 4 aliphatic rings. The number of benzene rings is 5. The highest BCUT2D eigenvalue weighted by molar-refractivity contribution is 5.82. The van der Waals surface area contributed by atoms with Gasteiger partial charge in [0.2, 0.25) is 0 Å². The third-order valence-corrected chi connectivity index (χ3v) is 11.1. The molecule has 0 unspecified atom stereocenters. The van der Waals surface area contributed by atoms with Crippen LogP contribution in [0.5, 0.6) is 0 Å². The molecule has 4 fully saturated rings. The van der Waals surface area contributed by atoms with E-state index in [4.69, 9.17) is 15.0 Å². The fourth-order valence-corrected chi connectivity index (χ4v) is 9.35. The van der Waals surface area contributed by atoms with Crippen molar-refractivity contribution >= 4 is 0 Å². The maximum atomic E-state index is 9.47. The predicted molar refractivity (Wildman–Crippen MR) is 192 cm³/mol. The third kappa shape index (κ3) is 5.20. The van der Waals surface area contributed by atoms with E-state index in [-0.39, 0.29) is 0 Å². The van der Waals surface area contributed by atoms with Crippen LogP contribution < -0.4 is 0 Å². The summed E-state index contributed by atoms with van der Waals surface area (Å²) in [5, 5.41) is 9.47. The van der Waals surface area contributed by atoms with Crippen LogP contribution in [0.25, 0.3) is 56.4 Å². The Balaban J connectivity index is 1.12. The van der Waals surface area contributed by atoms with Crippen molar-refractivity contribution in [3.05, 3.63) is 139 Å². The molecule has 1 heterocycles. The van der Waals surface area contributed by atoms with E-state index in [1.165, 1.54) is 49.7 Å². The standard InChI is InChI=1S/C44H36N4/c45-28-29-8-6-11-35(23-29)36-12-7-13-37(24-36)42-46-41(34-9-2-1-3-10-34)47-43(48-42)40-15-5-4-14-39(40)33-16-18-38(19-17-33)44-25-30-20-31(26-44)22-32(21-30)27-44/h1-19,23-24,30-32H,20-22,25-27H2/t30-,31-,32-,44?. The minimum Gasteiger partial charge on any atom is -0.208 e. The van der Waals surface area contributed by atoms with E-state index in [2.05, 4.69) is 66.7 Å². The largest absolute Gasteiger partial charge is 0.208 e. The summed E-state index contributed by atoms with van der Waals surface area (Å²) in [6.45, 7) is 0. The van der Waals surface area contributed by atoms with Gasteiger partial charge in [-0.25, -0.2) is 15.0 Å². The van der Waals surface area contributed by atoms with Crippen molar-refractivity contribution in [2.45, 2.75) is 43.9 Å². The van der Waals surface area contributed by atoms with Crippen LogP contribution in [0.4, 0.5) is 0 Å². The highest BCUT2D eigenvalue weighted by Crippen LogP contribution is 2.60. The molecule has 0 radical (unpaired) electrons. The molecule has 4 saturated carbocycles. The molecular formula is C44H36N4. The molecule has 6 aromatic rings. The molecule has 0 N–H and O–H groups in total. The average molecular weight is 621 g/mol. The van der Waals surface area contributed by atoms with Crippen LogP contribution in [0.3, 0.4) is 0 Å². The lowest BCUT2D eigenvalue weighted by Crippen LogP contribution is -2.48. The third-order valence-electron chi connectivity index (χ3n) is 11.1. The SMILES string of the molecule is N#Cc1cccc(-c2cccc(-c3nc(-c4ccccc4)nc(-c4ccccc4-c4ccc(C56C[C@H]7C[C@H](C5)C[C@@H](C6)C7)cc4)n3)c2)c1. The zero-order valence-corrected chi connectivity index (χ0v) is 26.9. The molecular weight excluding hydrogens is 585 g/mol. The van der Waals surface area contributed by atoms with Crippen molar-refractivity contribution in [1.82, 2.24) is 15.0 Å². The summed E-state index contributed by atoms with van der Waals surface area (Å²) in [6.07, 6.45) is 8.49. The van der Waals surface area contributed by atoms with Crippen LogP contribution >= 0.6 is 0 Å². The Labute approximate surface area is 282 Å². The lowest BCUT2D eigenvalue weighted by Gasteiger charge is -2.57. The number of nitriles is 1. The fourth-order valence-electron chi connectivity index (χ4n) is 9.35. The van der Waals surface area contributed by atoms with Crippen LogP contribution in [0, 0.1) is 29.1 Å². The summed E-state index contributed by atoms with van der Waals surface area (Å²) in [6, 6.07) is 46.2. The van der Waals surface area contributed by atoms with Crippen LogP contribution in [0.1, 0.15) is 49.7 Å². The van der Waals surface area contributed by atoms with Gasteiger partial charge in [0, 0.05) is 16.7 Å². The number of hydrogen-bond donors (Lipinski definition) is 0. The Kier molecular flexibility index (Phi) is 7.01. The van der Waals surface area contributed by atoms with Crippen molar-refractivity contribution in [2.24, 2.45) is 17.8 Å². The molecule has 4 bridgehead atoms. The molecule has 0 amide bonds. The highest BCUT2D eigenvalue weighted by atomic mass is 15.0. The zero-order valence-electron chi connectivity index (χ0n) is 26.9. The topological polar surface area (TPSA) is 62.5 Å². The quantitative estimate of drug-likeness (QED) is 0.186. The van der Waals surface area contributed by atoms with E-state index in [0.29, 0.717) is 28.5 Å². The van der Waals surface area contributed by atoms with Gasteiger partial charge in [0.1, 0.15) is 0 Å². The Morgan fingerprint density at radius 1 is 0.479 bits per heavy atom. The highest BCUT2D eigenvalue weighted by Gasteiger charge is 2.51. The van der Waals surface area contributed by atoms with Gasteiger partial charge in [-0.1, -0.05) is 109 Å². The minimum atomic E-state index is 0.380. The van der Waals surface area contributed by atoms with Gasteiger partial charge in [0.15, 0.2) is 17.5 Å². The minimum absolute atomic E-state index is 0.380. The van der Waals surface area contributed by atoms with Gasteiger partial charge in [0.25, 0.3) is 0 Å². The molecule has 0 spiro atoms. The van der Waals surface area contributed by atoms with E-state index < -0.39 is 0 Å². The predicted octanol–water partition coefficient (Wildman–Crippen LogP) is 10.5. The maximum Gasteiger partial charge on any atom is 0.164 e. The monoisotopic (exact) mass is 620 g/mol. The van der Waals surface area contributed by atoms with Gasteiger partial charge in [-0.3, -0.25) is 0 Å². The number of aromatic nitrogens is 3. The molecule has 5 aromatic carbocycles. The smallest absolute Gasteiger partial charge is 0.164 e. The first-order valence-electron chi connectivity index (χ1n) is 17.3. The first-order valence-corrected chi connectivity index (χ1v) is 17.3. The summed E-state index contributed by atoms with van der Waals surface area (Å²) < 4.78 is 0. The van der Waals surface area contributed by atoms with E-state index in [9.17, 15) is 5.26 Å². The van der Waals surface area contributed by atoms with Crippen molar-refractivity contribution in [1.29, 1.82) is 5.26 Å². The van der Waals surface area contributed by atoms with Crippen molar-refractivity contribution in [3.63, 3.8) is 0 Å². The van der Waals surface area contributed by atoms with Crippen LogP contribution in [-0.4, -0.2) is 15.0 Å². The van der Waals surface area contributed by atoms with Gasteiger partial charge < -0.3 is 0 Å². The number of rotatable bonds is 6. The summed E-state index contributed by atoms with van der Waals surface area (Å²) in [7, 11) is 0. The van der Waals surface area contributed by atoms with Gasteiger partial charge in [-0.15, -0.1) is 0 Å². The molecule has 1 aromatic heterocycles. The average Bonchev–Trinajstić information content (AvgIpc) is 3.14. The van der Waals surface area contributed by atoms with Crippen molar-refractivity contribution in [3.8, 4) is 62.5 Å². The molecule has 4 aliphatic carbocycles. The first kappa shape index (κ1) is 28.8. The molecule has 4 heteroatoms. The van der Waals surface area contributed by atoms with Crippen LogP contribution in [-0.2, 0) is 5.41 Å². The maximum absolute atomic E-state index is 9.47. The van der Waals surface area contributed by atoms with Crippen molar-refractivity contribution in [2.75, 3.05) is 0 Å². The normalized spacial score (nSPS) is 22.4. The van der Waals surface area contributed by atoms with E-state index in [1.54, 1.807) is 0 Å². The van der Waals surface area contributed by atoms with Gasteiger partial charge in [-0.2, -0.15) is 5.26 Å². The van der Waals surface area contributed by atoms with Gasteiger partial charge in [-0.05, 0) is 108 Å². The summed E-state index contributed by atoms with van der Waals surface area (Å²) in [4.78, 5) is 15.2. The van der Waals surface area contributed by atoms with E-state index in [0.717, 1.165) is 51.1 Å².